The van der Waals surface area contributed by atoms with E-state index in [-0.39, 0.29) is 0 Å². The lowest BCUT2D eigenvalue weighted by molar-refractivity contribution is -0.156. The average Bonchev–Trinajstić information content (AvgIpc) is 2.58. The van der Waals surface area contributed by atoms with E-state index in [4.69, 9.17) is 5.11 Å². The van der Waals surface area contributed by atoms with Gasteiger partial charge in [-0.1, -0.05) is 30.3 Å². The van der Waals surface area contributed by atoms with Crippen LogP contribution in [0.1, 0.15) is 12.0 Å². The minimum absolute atomic E-state index is 0.359. The van der Waals surface area contributed by atoms with E-state index in [0.29, 0.717) is 5.56 Å². The summed E-state index contributed by atoms with van der Waals surface area (Å²) in [5, 5.41) is 41.4. The number of aliphatic carboxylic acids is 4. The van der Waals surface area contributed by atoms with Crippen molar-refractivity contribution >= 4 is 41.3 Å². The third-order valence-electron chi connectivity index (χ3n) is 3.70. The summed E-state index contributed by atoms with van der Waals surface area (Å²) < 4.78 is 0. The lowest BCUT2D eigenvalue weighted by Gasteiger charge is -2.35. The molecule has 0 aliphatic carbocycles. The van der Waals surface area contributed by atoms with Crippen molar-refractivity contribution in [1.29, 1.82) is 0 Å². The fourth-order valence-corrected chi connectivity index (χ4v) is 2.62. The first-order valence-electron chi connectivity index (χ1n) is 7.43. The van der Waals surface area contributed by atoms with Crippen LogP contribution < -0.4 is 5.32 Å². The largest absolute Gasteiger partial charge is 0.481 e. The second kappa shape index (κ2) is 9.53. The quantitative estimate of drug-likeness (QED) is 0.255. The number of carbonyl (C=O) groups is 4. The van der Waals surface area contributed by atoms with Gasteiger partial charge >= 0.3 is 23.9 Å². The van der Waals surface area contributed by atoms with Gasteiger partial charge in [-0.3, -0.25) is 19.7 Å². The molecule has 5 N–H and O–H groups in total. The van der Waals surface area contributed by atoms with Gasteiger partial charge in [-0.25, -0.2) is 9.79 Å². The molecule has 0 saturated carbocycles. The third kappa shape index (κ3) is 5.68. The van der Waals surface area contributed by atoms with Crippen molar-refractivity contribution in [3.8, 4) is 0 Å². The number of carboxylic acid groups (broad SMARTS) is 4. The molecule has 0 aliphatic rings. The molecule has 0 radical (unpaired) electrons. The Bertz CT molecular complexity index is 776. The van der Waals surface area contributed by atoms with Gasteiger partial charge in [-0.2, -0.15) is 0 Å². The number of hydrogen-bond acceptors (Lipinski definition) is 7. The number of aliphatic imine (C=N–C) groups is 1. The number of nitrogens with one attached hydrogen (secondary N) is 1. The van der Waals surface area contributed by atoms with Crippen molar-refractivity contribution in [2.75, 3.05) is 0 Å². The Kier molecular flexibility index (Phi) is 7.73. The average molecular weight is 396 g/mol. The van der Waals surface area contributed by atoms with E-state index in [9.17, 15) is 34.5 Å². The van der Waals surface area contributed by atoms with Gasteiger partial charge in [0, 0.05) is 6.42 Å². The topological polar surface area (TPSA) is 174 Å². The molecule has 3 unspecified atom stereocenters. The molecule has 0 amide bonds. The van der Waals surface area contributed by atoms with Crippen molar-refractivity contribution < 1.29 is 39.6 Å². The van der Waals surface area contributed by atoms with Gasteiger partial charge in [-0.15, -0.1) is 0 Å². The maximum absolute atomic E-state index is 12.1. The fraction of sp³-hybridized carbons (Fsp3) is 0.312. The number of nitrogens with zero attached hydrogens (tertiary/aromatic N) is 1. The third-order valence-corrected chi connectivity index (χ3v) is 3.80. The highest BCUT2D eigenvalue weighted by Gasteiger charge is 2.52. The second-order valence-electron chi connectivity index (χ2n) is 5.53. The van der Waals surface area contributed by atoms with Gasteiger partial charge in [0.25, 0.3) is 0 Å². The summed E-state index contributed by atoms with van der Waals surface area (Å²) in [4.78, 5) is 49.5. The number of benzene rings is 1. The van der Waals surface area contributed by atoms with Crippen LogP contribution in [0.15, 0.2) is 35.3 Å². The summed E-state index contributed by atoms with van der Waals surface area (Å²) in [6, 6.07) is 3.87. The van der Waals surface area contributed by atoms with Crippen LogP contribution >= 0.6 is 12.2 Å². The molecule has 1 aromatic carbocycles. The zero-order valence-corrected chi connectivity index (χ0v) is 14.5. The van der Waals surface area contributed by atoms with Crippen LogP contribution in [0.25, 0.3) is 0 Å². The van der Waals surface area contributed by atoms with Gasteiger partial charge in [0.15, 0.2) is 11.6 Å². The Labute approximate surface area is 158 Å². The summed E-state index contributed by atoms with van der Waals surface area (Å²) in [6.45, 7) is 0. The number of rotatable bonds is 11. The smallest absolute Gasteiger partial charge is 0.331 e. The Balaban J connectivity index is 3.56. The maximum Gasteiger partial charge on any atom is 0.331 e. The summed E-state index contributed by atoms with van der Waals surface area (Å²) >= 11 is 4.39. The standard InChI is InChI=1S/C16H16N2O8S/c19-11(20)6-10(13(21)22)18-16(15(25)26,12(14(23)24)17-8-27)7-9-4-2-1-3-5-9/h1-5,10,12,18H,6-7H2,(H,19,20)(H,21,22)(H,23,24)(H,25,26). The predicted molar refractivity (Wildman–Crippen MR) is 93.8 cm³/mol. The van der Waals surface area contributed by atoms with Crippen LogP contribution in [0.4, 0.5) is 0 Å². The highest BCUT2D eigenvalue weighted by molar-refractivity contribution is 7.78. The SMILES string of the molecule is O=C(O)CC(NC(Cc1ccccc1)(C(=O)O)C(N=C=S)C(=O)O)C(=O)O. The van der Waals surface area contributed by atoms with Gasteiger partial charge in [0.05, 0.1) is 11.6 Å². The number of thiocarbonyl (C=S) groups is 1. The highest BCUT2D eigenvalue weighted by Crippen LogP contribution is 2.23. The normalized spacial score (nSPS) is 14.8. The van der Waals surface area contributed by atoms with Crippen molar-refractivity contribution in [1.82, 2.24) is 5.32 Å². The number of carboxylic acids is 4. The van der Waals surface area contributed by atoms with Gasteiger partial charge in [-0.05, 0) is 17.8 Å². The molecular weight excluding hydrogens is 380 g/mol. The molecule has 0 fully saturated rings. The minimum atomic E-state index is -2.49. The zero-order chi connectivity index (χ0) is 20.6. The molecule has 0 bridgehead atoms. The van der Waals surface area contributed by atoms with E-state index >= 15 is 0 Å². The first kappa shape index (κ1) is 21.9. The first-order chi connectivity index (χ1) is 12.6. The molecule has 0 aromatic heterocycles. The van der Waals surface area contributed by atoms with Crippen molar-refractivity contribution in [3.05, 3.63) is 35.9 Å². The van der Waals surface area contributed by atoms with E-state index in [2.05, 4.69) is 22.5 Å². The van der Waals surface area contributed by atoms with Crippen molar-refractivity contribution in [2.45, 2.75) is 30.5 Å². The summed E-state index contributed by atoms with van der Waals surface area (Å²) in [7, 11) is 0. The molecule has 0 heterocycles. The number of isothiocyanates is 1. The maximum atomic E-state index is 12.1. The lowest BCUT2D eigenvalue weighted by atomic mass is 9.82. The van der Waals surface area contributed by atoms with Gasteiger partial charge in [0.1, 0.15) is 6.04 Å². The molecule has 0 spiro atoms. The Morgan fingerprint density at radius 2 is 1.67 bits per heavy atom. The van der Waals surface area contributed by atoms with Crippen molar-refractivity contribution in [2.24, 2.45) is 4.99 Å². The van der Waals surface area contributed by atoms with Gasteiger partial charge in [0.2, 0.25) is 0 Å². The first-order valence-corrected chi connectivity index (χ1v) is 7.84. The van der Waals surface area contributed by atoms with E-state index in [1.54, 1.807) is 23.4 Å². The number of hydrogen-bond donors (Lipinski definition) is 5. The van der Waals surface area contributed by atoms with Crippen LogP contribution in [0, 0.1) is 0 Å². The molecule has 0 saturated heterocycles. The van der Waals surface area contributed by atoms with Crippen LogP contribution in [-0.2, 0) is 25.6 Å². The zero-order valence-electron chi connectivity index (χ0n) is 13.7. The summed E-state index contributed by atoms with van der Waals surface area (Å²) in [5.41, 5.74) is -2.13. The molecule has 11 heteroatoms. The fourth-order valence-electron chi connectivity index (χ4n) is 2.51. The predicted octanol–water partition coefficient (Wildman–Crippen LogP) is 0.126. The van der Waals surface area contributed by atoms with Crippen LogP contribution in [0.3, 0.4) is 0 Å². The Hall–Kier alpha value is -3.14. The van der Waals surface area contributed by atoms with Crippen LogP contribution in [0.2, 0.25) is 0 Å². The molecule has 10 nitrogen and oxygen atoms in total. The van der Waals surface area contributed by atoms with Crippen LogP contribution in [-0.4, -0.2) is 67.1 Å². The Morgan fingerprint density at radius 3 is 2.07 bits per heavy atom. The molecule has 1 aromatic rings. The molecule has 3 atom stereocenters. The molecule has 144 valence electrons. The van der Waals surface area contributed by atoms with E-state index in [1.165, 1.54) is 12.1 Å². The van der Waals surface area contributed by atoms with E-state index in [1.807, 2.05) is 0 Å². The second-order valence-corrected chi connectivity index (χ2v) is 5.72. The molecule has 0 aliphatic heterocycles. The summed E-state index contributed by atoms with van der Waals surface area (Å²) in [6.07, 6.45) is -1.48. The molecule has 1 rings (SSSR count). The van der Waals surface area contributed by atoms with Crippen molar-refractivity contribution in [3.63, 3.8) is 0 Å². The van der Waals surface area contributed by atoms with E-state index in [0.717, 1.165) is 0 Å². The van der Waals surface area contributed by atoms with E-state index < -0.39 is 54.3 Å². The summed E-state index contributed by atoms with van der Waals surface area (Å²) in [5.74, 6) is -6.60. The van der Waals surface area contributed by atoms with Crippen LogP contribution in [0.5, 0.6) is 0 Å². The minimum Gasteiger partial charge on any atom is -0.481 e. The van der Waals surface area contributed by atoms with Gasteiger partial charge < -0.3 is 20.4 Å². The Morgan fingerprint density at radius 1 is 1.07 bits per heavy atom. The monoisotopic (exact) mass is 396 g/mol. The molecular formula is C16H16N2O8S. The highest BCUT2D eigenvalue weighted by atomic mass is 32.1. The lowest BCUT2D eigenvalue weighted by Crippen LogP contribution is -2.67. The molecule has 27 heavy (non-hydrogen) atoms.